The zero-order valence-electron chi connectivity index (χ0n) is 10.3. The topological polar surface area (TPSA) is 83.9 Å². The lowest BCUT2D eigenvalue weighted by atomic mass is 9.97. The number of rotatable bonds is 5. The summed E-state index contributed by atoms with van der Waals surface area (Å²) < 4.78 is 4.66. The molecular formula is C11H17NO5S. The predicted molar refractivity (Wildman–Crippen MR) is 66.3 cm³/mol. The number of carboxylic acids is 1. The summed E-state index contributed by atoms with van der Waals surface area (Å²) in [7, 11) is 1.36. The Kier molecular flexibility index (Phi) is 5.97. The highest BCUT2D eigenvalue weighted by molar-refractivity contribution is 8.00. The fraction of sp³-hybridized carbons (Fsp3) is 0.727. The molecular weight excluding hydrogens is 258 g/mol. The van der Waals surface area contributed by atoms with Crippen molar-refractivity contribution in [2.45, 2.75) is 12.8 Å². The Hall–Kier alpha value is -1.24. The van der Waals surface area contributed by atoms with Crippen molar-refractivity contribution in [1.29, 1.82) is 0 Å². The van der Waals surface area contributed by atoms with Crippen LogP contribution in [0.2, 0.25) is 0 Å². The standard InChI is InChI=1S/C11H17NO5S/c1-17-11(16)8-2-4-12(5-3-8)9(13)6-18-7-10(14)15/h8H,2-7H2,1H3,(H,14,15). The number of thioether (sulfide) groups is 1. The number of esters is 1. The van der Waals surface area contributed by atoms with Gasteiger partial charge in [-0.05, 0) is 12.8 Å². The molecule has 0 bridgehead atoms. The molecule has 6 nitrogen and oxygen atoms in total. The summed E-state index contributed by atoms with van der Waals surface area (Å²) in [5.41, 5.74) is 0. The van der Waals surface area contributed by atoms with E-state index in [0.29, 0.717) is 25.9 Å². The van der Waals surface area contributed by atoms with Crippen LogP contribution in [0.3, 0.4) is 0 Å². The molecule has 1 N–H and O–H groups in total. The third kappa shape index (κ3) is 4.56. The van der Waals surface area contributed by atoms with Gasteiger partial charge in [0.15, 0.2) is 0 Å². The van der Waals surface area contributed by atoms with Crippen LogP contribution in [0.4, 0.5) is 0 Å². The lowest BCUT2D eigenvalue weighted by molar-refractivity contribution is -0.148. The van der Waals surface area contributed by atoms with Crippen molar-refractivity contribution in [3.63, 3.8) is 0 Å². The van der Waals surface area contributed by atoms with Gasteiger partial charge >= 0.3 is 11.9 Å². The van der Waals surface area contributed by atoms with Crippen molar-refractivity contribution in [3.8, 4) is 0 Å². The largest absolute Gasteiger partial charge is 0.481 e. The zero-order valence-corrected chi connectivity index (χ0v) is 11.1. The van der Waals surface area contributed by atoms with E-state index >= 15 is 0 Å². The van der Waals surface area contributed by atoms with Gasteiger partial charge in [-0.3, -0.25) is 14.4 Å². The Balaban J connectivity index is 2.27. The number of carboxylic acid groups (broad SMARTS) is 1. The van der Waals surface area contributed by atoms with Gasteiger partial charge in [-0.1, -0.05) is 0 Å². The SMILES string of the molecule is COC(=O)C1CCN(C(=O)CSCC(=O)O)CC1. The average Bonchev–Trinajstić information content (AvgIpc) is 2.37. The summed E-state index contributed by atoms with van der Waals surface area (Å²) >= 11 is 1.09. The second-order valence-corrected chi connectivity index (χ2v) is 5.05. The molecule has 1 fully saturated rings. The van der Waals surface area contributed by atoms with E-state index in [2.05, 4.69) is 4.74 Å². The lowest BCUT2D eigenvalue weighted by Gasteiger charge is -2.30. The maximum atomic E-state index is 11.7. The van der Waals surface area contributed by atoms with E-state index < -0.39 is 5.97 Å². The van der Waals surface area contributed by atoms with Crippen molar-refractivity contribution in [2.24, 2.45) is 5.92 Å². The first-order chi connectivity index (χ1) is 8.54. The van der Waals surface area contributed by atoms with Crippen LogP contribution in [0.5, 0.6) is 0 Å². The summed E-state index contributed by atoms with van der Waals surface area (Å²) in [6.45, 7) is 1.07. The average molecular weight is 275 g/mol. The molecule has 1 rings (SSSR count). The van der Waals surface area contributed by atoms with Gasteiger partial charge in [-0.2, -0.15) is 0 Å². The van der Waals surface area contributed by atoms with Crippen LogP contribution < -0.4 is 0 Å². The monoisotopic (exact) mass is 275 g/mol. The Labute approximate surface area is 110 Å². The van der Waals surface area contributed by atoms with Crippen LogP contribution >= 0.6 is 11.8 Å². The van der Waals surface area contributed by atoms with E-state index in [1.807, 2.05) is 0 Å². The molecule has 18 heavy (non-hydrogen) atoms. The summed E-state index contributed by atoms with van der Waals surface area (Å²) in [5.74, 6) is -1.21. The van der Waals surface area contributed by atoms with Crippen LogP contribution in [0.25, 0.3) is 0 Å². The summed E-state index contributed by atoms with van der Waals surface area (Å²) in [6, 6.07) is 0. The summed E-state index contributed by atoms with van der Waals surface area (Å²) in [6.07, 6.45) is 1.23. The number of aliphatic carboxylic acids is 1. The number of carbonyl (C=O) groups excluding carboxylic acids is 2. The normalized spacial score (nSPS) is 16.4. The molecule has 0 aromatic carbocycles. The molecule has 1 aliphatic heterocycles. The van der Waals surface area contributed by atoms with Crippen LogP contribution in [0, 0.1) is 5.92 Å². The van der Waals surface area contributed by atoms with Crippen LogP contribution in [0.15, 0.2) is 0 Å². The zero-order chi connectivity index (χ0) is 13.5. The van der Waals surface area contributed by atoms with Gasteiger partial charge in [0.1, 0.15) is 0 Å². The van der Waals surface area contributed by atoms with Crippen LogP contribution in [-0.4, -0.2) is 59.6 Å². The molecule has 0 saturated carbocycles. The number of likely N-dealkylation sites (tertiary alicyclic amines) is 1. The van der Waals surface area contributed by atoms with Gasteiger partial charge < -0.3 is 14.7 Å². The Morgan fingerprint density at radius 3 is 2.39 bits per heavy atom. The molecule has 1 saturated heterocycles. The quantitative estimate of drug-likeness (QED) is 0.722. The Morgan fingerprint density at radius 1 is 1.28 bits per heavy atom. The molecule has 1 aliphatic rings. The number of amides is 1. The number of hydrogen-bond donors (Lipinski definition) is 1. The maximum absolute atomic E-state index is 11.7. The van der Waals surface area contributed by atoms with Crippen molar-refractivity contribution in [2.75, 3.05) is 31.7 Å². The first-order valence-electron chi connectivity index (χ1n) is 5.69. The maximum Gasteiger partial charge on any atom is 0.313 e. The predicted octanol–water partition coefficient (Wildman–Crippen LogP) is 0.216. The molecule has 0 unspecified atom stereocenters. The van der Waals surface area contributed by atoms with Crippen molar-refractivity contribution >= 4 is 29.6 Å². The molecule has 0 atom stereocenters. The summed E-state index contributed by atoms with van der Waals surface area (Å²) in [5, 5.41) is 8.46. The van der Waals surface area contributed by atoms with E-state index in [0.717, 1.165) is 11.8 Å². The molecule has 0 aromatic rings. The number of hydrogen-bond acceptors (Lipinski definition) is 5. The van der Waals surface area contributed by atoms with Gasteiger partial charge in [0, 0.05) is 13.1 Å². The van der Waals surface area contributed by atoms with Crippen LogP contribution in [-0.2, 0) is 19.1 Å². The molecule has 0 aromatic heterocycles. The van der Waals surface area contributed by atoms with E-state index in [4.69, 9.17) is 5.11 Å². The Bertz CT molecular complexity index is 325. The first-order valence-corrected chi connectivity index (χ1v) is 6.85. The first kappa shape index (κ1) is 14.8. The second kappa shape index (κ2) is 7.25. The van der Waals surface area contributed by atoms with E-state index in [-0.39, 0.29) is 29.3 Å². The minimum Gasteiger partial charge on any atom is -0.481 e. The van der Waals surface area contributed by atoms with Gasteiger partial charge in [0.05, 0.1) is 24.5 Å². The smallest absolute Gasteiger partial charge is 0.313 e. The van der Waals surface area contributed by atoms with Crippen molar-refractivity contribution in [1.82, 2.24) is 4.90 Å². The number of nitrogens with zero attached hydrogens (tertiary/aromatic N) is 1. The second-order valence-electron chi connectivity index (χ2n) is 4.06. The molecule has 1 heterocycles. The third-order valence-corrected chi connectivity index (χ3v) is 3.74. The van der Waals surface area contributed by atoms with Gasteiger partial charge in [0.2, 0.25) is 5.91 Å². The molecule has 0 radical (unpaired) electrons. The van der Waals surface area contributed by atoms with Gasteiger partial charge in [-0.25, -0.2) is 0 Å². The molecule has 102 valence electrons. The lowest BCUT2D eigenvalue weighted by Crippen LogP contribution is -2.41. The minimum atomic E-state index is -0.919. The van der Waals surface area contributed by atoms with Gasteiger partial charge in [0.25, 0.3) is 0 Å². The number of methoxy groups -OCH3 is 1. The fourth-order valence-corrected chi connectivity index (χ4v) is 2.48. The molecule has 7 heteroatoms. The molecule has 0 spiro atoms. The van der Waals surface area contributed by atoms with E-state index in [1.54, 1.807) is 4.90 Å². The third-order valence-electron chi connectivity index (χ3n) is 2.83. The molecule has 0 aliphatic carbocycles. The van der Waals surface area contributed by atoms with Crippen molar-refractivity contribution < 1.29 is 24.2 Å². The van der Waals surface area contributed by atoms with Crippen LogP contribution in [0.1, 0.15) is 12.8 Å². The molecule has 1 amide bonds. The highest BCUT2D eigenvalue weighted by Gasteiger charge is 2.27. The number of piperidine rings is 1. The number of carbonyl (C=O) groups is 3. The summed E-state index contributed by atoms with van der Waals surface area (Å²) in [4.78, 5) is 35.0. The number of ether oxygens (including phenoxy) is 1. The van der Waals surface area contributed by atoms with Crippen molar-refractivity contribution in [3.05, 3.63) is 0 Å². The highest BCUT2D eigenvalue weighted by atomic mass is 32.2. The Morgan fingerprint density at radius 2 is 1.89 bits per heavy atom. The van der Waals surface area contributed by atoms with Gasteiger partial charge in [-0.15, -0.1) is 11.8 Å². The fourth-order valence-electron chi connectivity index (χ4n) is 1.85. The van der Waals surface area contributed by atoms with E-state index in [9.17, 15) is 14.4 Å². The highest BCUT2D eigenvalue weighted by Crippen LogP contribution is 2.19. The minimum absolute atomic E-state index is 0.0651. The van der Waals surface area contributed by atoms with E-state index in [1.165, 1.54) is 7.11 Å².